The van der Waals surface area contributed by atoms with Crippen molar-refractivity contribution < 1.29 is 0 Å². The standard InChI is InChI=1S/C46H28N6S/c1-3-14-29(15-4-1)45-47-42-35(21-13-25-41(42)53-45)44-48-43(49-46(50-44)52-38-23-11-7-18-32(38)33-19-8-12-24-39(33)52)30-26-27-40-36(28-30)34-20-9-10-22-37(34)51(40)31-16-5-2-6-17-31/h1-28H. The van der Waals surface area contributed by atoms with Gasteiger partial charge in [-0.05, 0) is 60.7 Å². The Balaban J connectivity index is 1.18. The van der Waals surface area contributed by atoms with Gasteiger partial charge in [0.15, 0.2) is 11.6 Å². The van der Waals surface area contributed by atoms with E-state index in [2.05, 4.69) is 161 Å². The average Bonchev–Trinajstić information content (AvgIpc) is 3.92. The van der Waals surface area contributed by atoms with E-state index in [9.17, 15) is 0 Å². The van der Waals surface area contributed by atoms with E-state index in [1.165, 1.54) is 5.39 Å². The molecule has 0 N–H and O–H groups in total. The first-order valence-corrected chi connectivity index (χ1v) is 18.4. The molecule has 0 saturated heterocycles. The van der Waals surface area contributed by atoms with Gasteiger partial charge in [-0.15, -0.1) is 11.3 Å². The Morgan fingerprint density at radius 1 is 0.396 bits per heavy atom. The first-order valence-electron chi connectivity index (χ1n) is 17.6. The number of benzene rings is 7. The first kappa shape index (κ1) is 29.7. The molecule has 0 spiro atoms. The normalized spacial score (nSPS) is 11.8. The summed E-state index contributed by atoms with van der Waals surface area (Å²) < 4.78 is 5.57. The second kappa shape index (κ2) is 11.8. The maximum Gasteiger partial charge on any atom is 0.238 e. The van der Waals surface area contributed by atoms with Gasteiger partial charge in [0, 0.05) is 43.9 Å². The fraction of sp³-hybridized carbons (Fsp3) is 0. The van der Waals surface area contributed by atoms with Crippen LogP contribution in [0.4, 0.5) is 0 Å². The number of nitrogens with zero attached hydrogens (tertiary/aromatic N) is 6. The maximum atomic E-state index is 5.27. The third-order valence-electron chi connectivity index (χ3n) is 10.0. The van der Waals surface area contributed by atoms with Gasteiger partial charge in [0.2, 0.25) is 5.95 Å². The van der Waals surface area contributed by atoms with Gasteiger partial charge < -0.3 is 4.57 Å². The molecule has 0 unspecified atom stereocenters. The Hall–Kier alpha value is -6.96. The molecule has 0 aliphatic rings. The lowest BCUT2D eigenvalue weighted by Crippen LogP contribution is -2.06. The molecule has 4 heterocycles. The Kier molecular flexibility index (Phi) is 6.62. The molecule has 0 aliphatic carbocycles. The summed E-state index contributed by atoms with van der Waals surface area (Å²) in [6.07, 6.45) is 0. The minimum atomic E-state index is 0.560. The van der Waals surface area contributed by atoms with Crippen LogP contribution in [0, 0.1) is 0 Å². The van der Waals surface area contributed by atoms with E-state index in [1.807, 2.05) is 18.2 Å². The highest BCUT2D eigenvalue weighted by Gasteiger charge is 2.21. The number of aromatic nitrogens is 6. The van der Waals surface area contributed by atoms with E-state index in [1.54, 1.807) is 11.3 Å². The van der Waals surface area contributed by atoms with Crippen molar-refractivity contribution in [3.8, 4) is 45.0 Å². The van der Waals surface area contributed by atoms with E-state index >= 15 is 0 Å². The highest BCUT2D eigenvalue weighted by Crippen LogP contribution is 2.38. The largest absolute Gasteiger partial charge is 0.309 e. The summed E-state index contributed by atoms with van der Waals surface area (Å²) in [6.45, 7) is 0. The fourth-order valence-electron chi connectivity index (χ4n) is 7.65. The van der Waals surface area contributed by atoms with Gasteiger partial charge in [-0.1, -0.05) is 109 Å². The molecule has 7 heteroatoms. The quantitative estimate of drug-likeness (QED) is 0.180. The van der Waals surface area contributed by atoms with Crippen LogP contribution in [0.2, 0.25) is 0 Å². The van der Waals surface area contributed by atoms with E-state index in [-0.39, 0.29) is 0 Å². The molecule has 0 saturated carbocycles. The summed E-state index contributed by atoms with van der Waals surface area (Å²) in [7, 11) is 0. The van der Waals surface area contributed by atoms with Gasteiger partial charge in [-0.25, -0.2) is 9.97 Å². The van der Waals surface area contributed by atoms with Crippen LogP contribution in [0.25, 0.3) is 98.8 Å². The van der Waals surface area contributed by atoms with Crippen LogP contribution in [0.15, 0.2) is 170 Å². The molecule has 6 nitrogen and oxygen atoms in total. The van der Waals surface area contributed by atoms with Crippen LogP contribution < -0.4 is 0 Å². The van der Waals surface area contributed by atoms with Crippen LogP contribution >= 0.6 is 11.3 Å². The number of hydrogen-bond acceptors (Lipinski definition) is 5. The molecule has 0 atom stereocenters. The smallest absolute Gasteiger partial charge is 0.238 e. The van der Waals surface area contributed by atoms with Crippen molar-refractivity contribution in [1.82, 2.24) is 29.1 Å². The second-order valence-corrected chi connectivity index (χ2v) is 14.1. The summed E-state index contributed by atoms with van der Waals surface area (Å²) in [6, 6.07) is 59.1. The average molecular weight is 697 g/mol. The molecule has 248 valence electrons. The highest BCUT2D eigenvalue weighted by molar-refractivity contribution is 7.21. The predicted octanol–water partition coefficient (Wildman–Crippen LogP) is 11.7. The molecule has 11 aromatic rings. The van der Waals surface area contributed by atoms with Gasteiger partial charge in [0.25, 0.3) is 0 Å². The number of rotatable bonds is 5. The minimum absolute atomic E-state index is 0.560. The Morgan fingerprint density at radius 3 is 1.70 bits per heavy atom. The molecular weight excluding hydrogens is 669 g/mol. The zero-order valence-corrected chi connectivity index (χ0v) is 29.1. The van der Waals surface area contributed by atoms with Crippen molar-refractivity contribution in [3.63, 3.8) is 0 Å². The van der Waals surface area contributed by atoms with E-state index in [0.717, 1.165) is 75.8 Å². The molecule has 0 aliphatic heterocycles. The van der Waals surface area contributed by atoms with Crippen molar-refractivity contribution in [1.29, 1.82) is 0 Å². The van der Waals surface area contributed by atoms with Gasteiger partial charge >= 0.3 is 0 Å². The van der Waals surface area contributed by atoms with E-state index in [0.29, 0.717) is 17.6 Å². The van der Waals surface area contributed by atoms with Crippen molar-refractivity contribution >= 4 is 65.2 Å². The SMILES string of the molecule is c1ccc(-c2nc3c(-c4nc(-c5ccc6c(c5)c5ccccc5n6-c5ccccc5)nc(-n5c6ccccc6c6ccccc65)n4)cccc3s2)cc1. The summed E-state index contributed by atoms with van der Waals surface area (Å²) in [4.78, 5) is 21.0. The van der Waals surface area contributed by atoms with E-state index < -0.39 is 0 Å². The molecule has 0 amide bonds. The highest BCUT2D eigenvalue weighted by atomic mass is 32.1. The van der Waals surface area contributed by atoms with E-state index in [4.69, 9.17) is 19.9 Å². The van der Waals surface area contributed by atoms with Gasteiger partial charge in [0.1, 0.15) is 5.01 Å². The zero-order chi connectivity index (χ0) is 34.9. The molecular formula is C46H28N6S. The topological polar surface area (TPSA) is 61.4 Å². The zero-order valence-electron chi connectivity index (χ0n) is 28.3. The predicted molar refractivity (Wildman–Crippen MR) is 218 cm³/mol. The molecule has 4 aromatic heterocycles. The number of thiazole rings is 1. The fourth-order valence-corrected chi connectivity index (χ4v) is 8.65. The first-order chi connectivity index (χ1) is 26.3. The Morgan fingerprint density at radius 2 is 0.981 bits per heavy atom. The Bertz CT molecular complexity index is 3120. The van der Waals surface area contributed by atoms with Crippen molar-refractivity contribution in [2.24, 2.45) is 0 Å². The number of hydrogen-bond donors (Lipinski definition) is 0. The third kappa shape index (κ3) is 4.71. The molecule has 53 heavy (non-hydrogen) atoms. The van der Waals surface area contributed by atoms with Crippen LogP contribution in [-0.2, 0) is 0 Å². The summed E-state index contributed by atoms with van der Waals surface area (Å²) in [5.74, 6) is 1.74. The van der Waals surface area contributed by atoms with Crippen LogP contribution in [0.3, 0.4) is 0 Å². The van der Waals surface area contributed by atoms with Gasteiger partial charge in [-0.3, -0.25) is 4.57 Å². The van der Waals surface area contributed by atoms with Crippen molar-refractivity contribution in [2.45, 2.75) is 0 Å². The minimum Gasteiger partial charge on any atom is -0.309 e. The lowest BCUT2D eigenvalue weighted by atomic mass is 10.1. The molecule has 7 aromatic carbocycles. The van der Waals surface area contributed by atoms with Crippen LogP contribution in [-0.4, -0.2) is 29.1 Å². The summed E-state index contributed by atoms with van der Waals surface area (Å²) in [5.41, 5.74) is 9.22. The number of para-hydroxylation sites is 5. The Labute approximate surface area is 307 Å². The summed E-state index contributed by atoms with van der Waals surface area (Å²) in [5, 5.41) is 5.57. The molecule has 11 rings (SSSR count). The molecule has 0 fully saturated rings. The summed E-state index contributed by atoms with van der Waals surface area (Å²) >= 11 is 1.68. The molecule has 0 radical (unpaired) electrons. The number of fused-ring (bicyclic) bond motifs is 7. The third-order valence-corrected chi connectivity index (χ3v) is 11.1. The van der Waals surface area contributed by atoms with Crippen molar-refractivity contribution in [3.05, 3.63) is 170 Å². The van der Waals surface area contributed by atoms with Crippen LogP contribution in [0.1, 0.15) is 0 Å². The molecule has 0 bridgehead atoms. The maximum absolute atomic E-state index is 5.27. The second-order valence-electron chi connectivity index (χ2n) is 13.1. The monoisotopic (exact) mass is 696 g/mol. The van der Waals surface area contributed by atoms with Gasteiger partial charge in [0.05, 0.1) is 32.3 Å². The van der Waals surface area contributed by atoms with Crippen molar-refractivity contribution in [2.75, 3.05) is 0 Å². The lowest BCUT2D eigenvalue weighted by molar-refractivity contribution is 0.954. The lowest BCUT2D eigenvalue weighted by Gasteiger charge is -2.11. The van der Waals surface area contributed by atoms with Crippen LogP contribution in [0.5, 0.6) is 0 Å². The van der Waals surface area contributed by atoms with Gasteiger partial charge in [-0.2, -0.15) is 9.97 Å².